The summed E-state index contributed by atoms with van der Waals surface area (Å²) in [4.78, 5) is 37.8. The number of Topliss-reactive ketones (excluding diaryl/α,β-unsaturated/α-hetero) is 1. The number of carbonyl (C=O) groups is 3. The van der Waals surface area contributed by atoms with Crippen LogP contribution in [0.25, 0.3) is 0 Å². The van der Waals surface area contributed by atoms with Crippen LogP contribution in [0.3, 0.4) is 0 Å². The summed E-state index contributed by atoms with van der Waals surface area (Å²) in [6.07, 6.45) is 3.22. The van der Waals surface area contributed by atoms with E-state index in [1.165, 1.54) is 0 Å². The molecule has 23 heavy (non-hydrogen) atoms. The number of cyclic esters (lactones) is 1. The third-order valence-corrected chi connectivity index (χ3v) is 5.53. The van der Waals surface area contributed by atoms with Gasteiger partial charge in [-0.3, -0.25) is 14.4 Å². The fraction of sp³-hybridized carbons (Fsp3) is 0.833. The molecule has 128 valence electrons. The molecule has 2 saturated carbocycles. The first-order chi connectivity index (χ1) is 10.7. The zero-order valence-corrected chi connectivity index (χ0v) is 14.3. The summed E-state index contributed by atoms with van der Waals surface area (Å²) in [5, 5.41) is 0. The van der Waals surface area contributed by atoms with Crippen LogP contribution < -0.4 is 0 Å². The van der Waals surface area contributed by atoms with Crippen LogP contribution in [0.4, 0.5) is 0 Å². The van der Waals surface area contributed by atoms with Gasteiger partial charge in [0.15, 0.2) is 5.78 Å². The smallest absolute Gasteiger partial charge is 0.317 e. The van der Waals surface area contributed by atoms with Gasteiger partial charge in [-0.15, -0.1) is 0 Å². The van der Waals surface area contributed by atoms with Crippen LogP contribution in [-0.2, 0) is 23.9 Å². The van der Waals surface area contributed by atoms with Crippen molar-refractivity contribution in [2.24, 2.45) is 29.6 Å². The maximum atomic E-state index is 12.9. The summed E-state index contributed by atoms with van der Waals surface area (Å²) >= 11 is 0. The highest BCUT2D eigenvalue weighted by Gasteiger charge is 2.61. The Morgan fingerprint density at radius 3 is 2.48 bits per heavy atom. The molecule has 0 amide bonds. The molecule has 3 fully saturated rings. The molecular formula is C18H26O5. The van der Waals surface area contributed by atoms with Crippen molar-refractivity contribution in [2.75, 3.05) is 0 Å². The van der Waals surface area contributed by atoms with E-state index < -0.39 is 29.5 Å². The molecule has 0 spiro atoms. The monoisotopic (exact) mass is 322 g/mol. The summed E-state index contributed by atoms with van der Waals surface area (Å²) in [6.45, 7) is 7.31. The van der Waals surface area contributed by atoms with Crippen molar-refractivity contribution >= 4 is 17.7 Å². The Balaban J connectivity index is 1.97. The number of hydrogen-bond donors (Lipinski definition) is 0. The van der Waals surface area contributed by atoms with Gasteiger partial charge in [0.05, 0.1) is 5.92 Å². The lowest BCUT2D eigenvalue weighted by Crippen LogP contribution is -2.53. The Kier molecular flexibility index (Phi) is 4.01. The second-order valence-electron chi connectivity index (χ2n) is 8.21. The molecule has 5 nitrogen and oxygen atoms in total. The minimum absolute atomic E-state index is 0.00569. The van der Waals surface area contributed by atoms with Gasteiger partial charge in [-0.25, -0.2) is 0 Å². The molecule has 0 bridgehead atoms. The van der Waals surface area contributed by atoms with Crippen molar-refractivity contribution in [3.63, 3.8) is 0 Å². The van der Waals surface area contributed by atoms with Gasteiger partial charge >= 0.3 is 11.9 Å². The molecule has 0 N–H and O–H groups in total. The van der Waals surface area contributed by atoms with Gasteiger partial charge in [-0.1, -0.05) is 12.8 Å². The van der Waals surface area contributed by atoms with E-state index in [1.54, 1.807) is 6.92 Å². The molecule has 3 rings (SSSR count). The number of rotatable bonds is 1. The van der Waals surface area contributed by atoms with Crippen LogP contribution in [0.2, 0.25) is 0 Å². The molecule has 5 heteroatoms. The lowest BCUT2D eigenvalue weighted by Gasteiger charge is -2.44. The summed E-state index contributed by atoms with van der Waals surface area (Å²) in [6, 6.07) is 0. The highest BCUT2D eigenvalue weighted by atomic mass is 16.6. The SMILES string of the molecule is C[C@@H]1OC(=O)[C@H]2C(=O)[C@H]3CCCC[C@@H]3[C@@H](C(=O)OC(C)(C)C)[C@H]21. The maximum absolute atomic E-state index is 12.9. The minimum Gasteiger partial charge on any atom is -0.462 e. The molecule has 0 radical (unpaired) electrons. The van der Waals surface area contributed by atoms with E-state index in [-0.39, 0.29) is 29.5 Å². The fourth-order valence-corrected chi connectivity index (χ4v) is 4.73. The molecule has 0 aromatic heterocycles. The predicted octanol–water partition coefficient (Wildman–Crippen LogP) is 2.51. The van der Waals surface area contributed by atoms with E-state index in [1.807, 2.05) is 20.8 Å². The van der Waals surface area contributed by atoms with Crippen LogP contribution in [0.5, 0.6) is 0 Å². The summed E-state index contributed by atoms with van der Waals surface area (Å²) in [7, 11) is 0. The molecule has 0 unspecified atom stereocenters. The average molecular weight is 322 g/mol. The normalized spacial score (nSPS) is 40.2. The minimum atomic E-state index is -0.776. The van der Waals surface area contributed by atoms with Gasteiger partial charge in [0, 0.05) is 11.8 Å². The predicted molar refractivity (Wildman–Crippen MR) is 82.3 cm³/mol. The zero-order valence-electron chi connectivity index (χ0n) is 14.3. The van der Waals surface area contributed by atoms with Crippen molar-refractivity contribution in [1.29, 1.82) is 0 Å². The lowest BCUT2D eigenvalue weighted by atomic mass is 9.57. The largest absolute Gasteiger partial charge is 0.462 e. The first-order valence-corrected chi connectivity index (χ1v) is 8.68. The molecule has 2 aliphatic carbocycles. The van der Waals surface area contributed by atoms with E-state index >= 15 is 0 Å². The Labute approximate surface area is 137 Å². The van der Waals surface area contributed by atoms with Crippen molar-refractivity contribution in [3.05, 3.63) is 0 Å². The summed E-state index contributed by atoms with van der Waals surface area (Å²) < 4.78 is 11.0. The number of fused-ring (bicyclic) bond motifs is 2. The number of ketones is 1. The third-order valence-electron chi connectivity index (χ3n) is 5.53. The molecule has 3 aliphatic rings. The van der Waals surface area contributed by atoms with Gasteiger partial charge in [0.1, 0.15) is 17.6 Å². The topological polar surface area (TPSA) is 69.7 Å². The Bertz CT molecular complexity index is 532. The molecule has 1 aliphatic heterocycles. The summed E-state index contributed by atoms with van der Waals surface area (Å²) in [5.41, 5.74) is -0.578. The van der Waals surface area contributed by atoms with Gasteiger partial charge in [0.2, 0.25) is 0 Å². The van der Waals surface area contributed by atoms with Crippen LogP contribution in [0.1, 0.15) is 53.4 Å². The molecule has 1 saturated heterocycles. The van der Waals surface area contributed by atoms with E-state index in [0.717, 1.165) is 25.7 Å². The molecule has 1 heterocycles. The van der Waals surface area contributed by atoms with Gasteiger partial charge in [-0.2, -0.15) is 0 Å². The van der Waals surface area contributed by atoms with E-state index in [0.29, 0.717) is 0 Å². The summed E-state index contributed by atoms with van der Waals surface area (Å²) in [5.74, 6) is -2.50. The number of esters is 2. The van der Waals surface area contributed by atoms with Crippen molar-refractivity contribution in [1.82, 2.24) is 0 Å². The average Bonchev–Trinajstić information content (AvgIpc) is 2.73. The van der Waals surface area contributed by atoms with Crippen LogP contribution in [-0.4, -0.2) is 29.4 Å². The number of carbonyl (C=O) groups excluding carboxylic acids is 3. The molecule has 0 aromatic carbocycles. The Morgan fingerprint density at radius 1 is 1.17 bits per heavy atom. The van der Waals surface area contributed by atoms with Crippen molar-refractivity contribution in [2.45, 2.75) is 65.1 Å². The van der Waals surface area contributed by atoms with Gasteiger partial charge in [0.25, 0.3) is 0 Å². The zero-order chi connectivity index (χ0) is 16.9. The van der Waals surface area contributed by atoms with Crippen molar-refractivity contribution in [3.8, 4) is 0 Å². The van der Waals surface area contributed by atoms with Gasteiger partial charge in [-0.05, 0) is 46.5 Å². The highest BCUT2D eigenvalue weighted by molar-refractivity contribution is 6.03. The molecule has 0 aromatic rings. The van der Waals surface area contributed by atoms with E-state index in [9.17, 15) is 14.4 Å². The second kappa shape index (κ2) is 5.60. The second-order valence-corrected chi connectivity index (χ2v) is 8.21. The lowest BCUT2D eigenvalue weighted by molar-refractivity contribution is -0.172. The van der Waals surface area contributed by atoms with E-state index in [4.69, 9.17) is 9.47 Å². The van der Waals surface area contributed by atoms with Crippen molar-refractivity contribution < 1.29 is 23.9 Å². The fourth-order valence-electron chi connectivity index (χ4n) is 4.73. The molecular weight excluding hydrogens is 296 g/mol. The van der Waals surface area contributed by atoms with Gasteiger partial charge < -0.3 is 9.47 Å². The standard InChI is InChI=1S/C18H26O5/c1-9-12-13(17(21)23-18(2,3)4)10-7-5-6-8-11(10)15(19)14(12)16(20)22-9/h9-14H,5-8H2,1-4H3/t9-,10-,11-,12+,13+,14+/m0/s1. The molecule has 6 atom stereocenters. The first kappa shape index (κ1) is 16.5. The number of ether oxygens (including phenoxy) is 2. The highest BCUT2D eigenvalue weighted by Crippen LogP contribution is 2.51. The number of hydrogen-bond acceptors (Lipinski definition) is 5. The maximum Gasteiger partial charge on any atom is 0.317 e. The van der Waals surface area contributed by atoms with Crippen LogP contribution >= 0.6 is 0 Å². The Morgan fingerprint density at radius 2 is 1.83 bits per heavy atom. The van der Waals surface area contributed by atoms with E-state index in [2.05, 4.69) is 0 Å². The third kappa shape index (κ3) is 2.79. The Hall–Kier alpha value is -1.39. The quantitative estimate of drug-likeness (QED) is 0.548. The van der Waals surface area contributed by atoms with Crippen LogP contribution in [0.15, 0.2) is 0 Å². The first-order valence-electron chi connectivity index (χ1n) is 8.68. The van der Waals surface area contributed by atoms with Crippen LogP contribution in [0, 0.1) is 29.6 Å².